The van der Waals surface area contributed by atoms with Crippen LogP contribution < -0.4 is 5.32 Å². The molecule has 1 N–H and O–H groups in total. The SMILES string of the molecule is COC(=O)[C@H](CC(C)C)NC(=O)COC(=O)c1ccccc1C(=O)c1cccs1. The van der Waals surface area contributed by atoms with Crippen LogP contribution in [0.3, 0.4) is 0 Å². The maximum Gasteiger partial charge on any atom is 0.339 e. The number of hydrogen-bond donors (Lipinski definition) is 1. The number of ketones is 1. The lowest BCUT2D eigenvalue weighted by atomic mass is 10.0. The van der Waals surface area contributed by atoms with Gasteiger partial charge in [-0.2, -0.15) is 0 Å². The van der Waals surface area contributed by atoms with E-state index in [4.69, 9.17) is 4.74 Å². The molecule has 1 heterocycles. The fraction of sp³-hybridized carbons (Fsp3) is 0.333. The summed E-state index contributed by atoms with van der Waals surface area (Å²) >= 11 is 1.27. The van der Waals surface area contributed by atoms with Crippen molar-refractivity contribution in [1.82, 2.24) is 5.32 Å². The predicted molar refractivity (Wildman–Crippen MR) is 108 cm³/mol. The molecule has 1 aromatic carbocycles. The Morgan fingerprint density at radius 1 is 1.03 bits per heavy atom. The Morgan fingerprint density at radius 3 is 2.31 bits per heavy atom. The molecule has 2 rings (SSSR count). The molecular formula is C21H23NO6S. The smallest absolute Gasteiger partial charge is 0.339 e. The number of esters is 2. The van der Waals surface area contributed by atoms with Crippen molar-refractivity contribution in [3.05, 3.63) is 57.8 Å². The largest absolute Gasteiger partial charge is 0.467 e. The summed E-state index contributed by atoms with van der Waals surface area (Å²) in [5.74, 6) is -2.13. The van der Waals surface area contributed by atoms with E-state index in [9.17, 15) is 19.2 Å². The van der Waals surface area contributed by atoms with Crippen molar-refractivity contribution in [3.8, 4) is 0 Å². The van der Waals surface area contributed by atoms with Crippen LogP contribution in [0.4, 0.5) is 0 Å². The van der Waals surface area contributed by atoms with Crippen molar-refractivity contribution in [1.29, 1.82) is 0 Å². The minimum absolute atomic E-state index is 0.0744. The van der Waals surface area contributed by atoms with Crippen molar-refractivity contribution in [3.63, 3.8) is 0 Å². The first-order chi connectivity index (χ1) is 13.8. The molecule has 0 unspecified atom stereocenters. The Morgan fingerprint density at radius 2 is 1.72 bits per heavy atom. The van der Waals surface area contributed by atoms with Crippen LogP contribution in [0.5, 0.6) is 0 Å². The normalized spacial score (nSPS) is 11.6. The molecule has 0 fully saturated rings. The Labute approximate surface area is 173 Å². The standard InChI is InChI=1S/C21H23NO6S/c1-13(2)11-16(21(26)27-3)22-18(23)12-28-20(25)15-8-5-4-7-14(15)19(24)17-9-6-10-29-17/h4-10,13,16H,11-12H2,1-3H3,(H,22,23)/t16-/m0/s1. The van der Waals surface area contributed by atoms with Gasteiger partial charge >= 0.3 is 11.9 Å². The molecule has 29 heavy (non-hydrogen) atoms. The highest BCUT2D eigenvalue weighted by Gasteiger charge is 2.24. The third kappa shape index (κ3) is 6.25. The molecule has 0 aliphatic carbocycles. The summed E-state index contributed by atoms with van der Waals surface area (Å²) in [6, 6.07) is 8.86. The molecule has 0 bridgehead atoms. The molecule has 0 aliphatic rings. The van der Waals surface area contributed by atoms with Crippen LogP contribution in [0.1, 0.15) is 45.9 Å². The van der Waals surface area contributed by atoms with E-state index in [1.165, 1.54) is 30.6 Å². The number of hydrogen-bond acceptors (Lipinski definition) is 7. The first-order valence-corrected chi connectivity index (χ1v) is 9.93. The van der Waals surface area contributed by atoms with Gasteiger partial charge in [-0.25, -0.2) is 9.59 Å². The molecule has 0 saturated heterocycles. The van der Waals surface area contributed by atoms with Gasteiger partial charge in [0.05, 0.1) is 17.6 Å². The Kier molecular flexibility index (Phi) is 8.09. The average molecular weight is 417 g/mol. The molecular weight excluding hydrogens is 394 g/mol. The Bertz CT molecular complexity index is 875. The van der Waals surface area contributed by atoms with Gasteiger partial charge in [-0.3, -0.25) is 9.59 Å². The molecule has 8 heteroatoms. The van der Waals surface area contributed by atoms with Crippen LogP contribution in [-0.4, -0.2) is 43.4 Å². The Balaban J connectivity index is 2.03. The number of carbonyl (C=O) groups excluding carboxylic acids is 4. The summed E-state index contributed by atoms with van der Waals surface area (Å²) in [6.45, 7) is 3.24. The van der Waals surface area contributed by atoms with E-state index in [2.05, 4.69) is 10.1 Å². The second kappa shape index (κ2) is 10.5. The van der Waals surface area contributed by atoms with Crippen LogP contribution in [0.2, 0.25) is 0 Å². The predicted octanol–water partition coefficient (Wildman–Crippen LogP) is 2.84. The van der Waals surface area contributed by atoms with Gasteiger partial charge in [0.25, 0.3) is 5.91 Å². The van der Waals surface area contributed by atoms with Gasteiger partial charge in [-0.05, 0) is 29.9 Å². The molecule has 1 aromatic heterocycles. The van der Waals surface area contributed by atoms with Crippen LogP contribution in [0, 0.1) is 5.92 Å². The molecule has 0 saturated carbocycles. The average Bonchev–Trinajstić information content (AvgIpc) is 3.25. The van der Waals surface area contributed by atoms with Crippen molar-refractivity contribution < 1.29 is 28.7 Å². The van der Waals surface area contributed by atoms with Crippen LogP contribution in [0.25, 0.3) is 0 Å². The van der Waals surface area contributed by atoms with Crippen molar-refractivity contribution in [2.75, 3.05) is 13.7 Å². The summed E-state index contributed by atoms with van der Waals surface area (Å²) in [7, 11) is 1.24. The maximum atomic E-state index is 12.6. The molecule has 1 atom stereocenters. The zero-order chi connectivity index (χ0) is 21.4. The molecule has 0 spiro atoms. The first kappa shape index (κ1) is 22.3. The molecule has 7 nitrogen and oxygen atoms in total. The zero-order valence-corrected chi connectivity index (χ0v) is 17.3. The molecule has 2 aromatic rings. The third-order valence-electron chi connectivity index (χ3n) is 4.00. The minimum atomic E-state index is -0.820. The Hall–Kier alpha value is -3.00. The van der Waals surface area contributed by atoms with Gasteiger partial charge in [-0.15, -0.1) is 11.3 Å². The second-order valence-electron chi connectivity index (χ2n) is 6.70. The second-order valence-corrected chi connectivity index (χ2v) is 7.65. The summed E-state index contributed by atoms with van der Waals surface area (Å²) in [4.78, 5) is 49.5. The van der Waals surface area contributed by atoms with Gasteiger partial charge in [0.15, 0.2) is 6.61 Å². The van der Waals surface area contributed by atoms with Crippen molar-refractivity contribution in [2.24, 2.45) is 5.92 Å². The van der Waals surface area contributed by atoms with Gasteiger partial charge in [-0.1, -0.05) is 38.1 Å². The maximum absolute atomic E-state index is 12.6. The highest BCUT2D eigenvalue weighted by Crippen LogP contribution is 2.19. The van der Waals surface area contributed by atoms with E-state index in [0.29, 0.717) is 11.3 Å². The quantitative estimate of drug-likeness (QED) is 0.498. The summed E-state index contributed by atoms with van der Waals surface area (Å²) in [5, 5.41) is 4.28. The van der Waals surface area contributed by atoms with E-state index in [1.807, 2.05) is 13.8 Å². The van der Waals surface area contributed by atoms with E-state index in [0.717, 1.165) is 0 Å². The lowest BCUT2D eigenvalue weighted by Crippen LogP contribution is -2.44. The van der Waals surface area contributed by atoms with Gasteiger partial charge in [0.2, 0.25) is 5.78 Å². The van der Waals surface area contributed by atoms with Crippen LogP contribution in [0.15, 0.2) is 41.8 Å². The van der Waals surface area contributed by atoms with E-state index < -0.39 is 30.5 Å². The number of amides is 1. The van der Waals surface area contributed by atoms with E-state index in [-0.39, 0.29) is 22.8 Å². The summed E-state index contributed by atoms with van der Waals surface area (Å²) in [5.41, 5.74) is 0.276. The van der Waals surface area contributed by atoms with E-state index in [1.54, 1.807) is 29.6 Å². The topological polar surface area (TPSA) is 98.8 Å². The number of nitrogens with one attached hydrogen (secondary N) is 1. The summed E-state index contributed by atoms with van der Waals surface area (Å²) in [6.07, 6.45) is 0.393. The number of benzene rings is 1. The molecule has 0 radical (unpaired) electrons. The molecule has 1 amide bonds. The zero-order valence-electron chi connectivity index (χ0n) is 16.5. The summed E-state index contributed by atoms with van der Waals surface area (Å²) < 4.78 is 9.75. The van der Waals surface area contributed by atoms with Crippen LogP contribution >= 0.6 is 11.3 Å². The first-order valence-electron chi connectivity index (χ1n) is 9.05. The molecule has 154 valence electrons. The van der Waals surface area contributed by atoms with Crippen molar-refractivity contribution >= 4 is 35.0 Å². The van der Waals surface area contributed by atoms with Gasteiger partial charge in [0.1, 0.15) is 6.04 Å². The highest BCUT2D eigenvalue weighted by molar-refractivity contribution is 7.12. The third-order valence-corrected chi connectivity index (χ3v) is 4.87. The number of rotatable bonds is 9. The van der Waals surface area contributed by atoms with Crippen LogP contribution in [-0.2, 0) is 19.1 Å². The molecule has 0 aliphatic heterocycles. The van der Waals surface area contributed by atoms with Gasteiger partial charge < -0.3 is 14.8 Å². The van der Waals surface area contributed by atoms with Crippen molar-refractivity contribution in [2.45, 2.75) is 26.3 Å². The number of methoxy groups -OCH3 is 1. The number of thiophene rings is 1. The van der Waals surface area contributed by atoms with Gasteiger partial charge in [0, 0.05) is 5.56 Å². The lowest BCUT2D eigenvalue weighted by molar-refractivity contribution is -0.145. The number of carbonyl (C=O) groups is 4. The lowest BCUT2D eigenvalue weighted by Gasteiger charge is -2.18. The highest BCUT2D eigenvalue weighted by atomic mass is 32.1. The number of ether oxygens (including phenoxy) is 2. The minimum Gasteiger partial charge on any atom is -0.467 e. The fourth-order valence-electron chi connectivity index (χ4n) is 2.67. The fourth-order valence-corrected chi connectivity index (χ4v) is 3.35. The monoisotopic (exact) mass is 417 g/mol. The van der Waals surface area contributed by atoms with E-state index >= 15 is 0 Å².